The SMILES string of the molecule is CCCCCCCC[C@@H]1CC=CC(=O)O1. The van der Waals surface area contributed by atoms with Crippen LogP contribution >= 0.6 is 0 Å². The molecule has 1 rings (SSSR count). The Labute approximate surface area is 92.7 Å². The lowest BCUT2D eigenvalue weighted by molar-refractivity contribution is -0.144. The van der Waals surface area contributed by atoms with Crippen molar-refractivity contribution in [2.24, 2.45) is 0 Å². The molecule has 15 heavy (non-hydrogen) atoms. The minimum absolute atomic E-state index is 0.147. The average molecular weight is 210 g/mol. The van der Waals surface area contributed by atoms with Gasteiger partial charge in [-0.05, 0) is 12.8 Å². The van der Waals surface area contributed by atoms with E-state index in [-0.39, 0.29) is 12.1 Å². The van der Waals surface area contributed by atoms with Gasteiger partial charge in [-0.3, -0.25) is 0 Å². The molecule has 0 fully saturated rings. The molecule has 2 nitrogen and oxygen atoms in total. The average Bonchev–Trinajstić information content (AvgIpc) is 2.23. The zero-order valence-corrected chi connectivity index (χ0v) is 9.71. The second-order valence-corrected chi connectivity index (χ2v) is 4.25. The van der Waals surface area contributed by atoms with E-state index >= 15 is 0 Å². The van der Waals surface area contributed by atoms with Gasteiger partial charge in [0, 0.05) is 12.5 Å². The summed E-state index contributed by atoms with van der Waals surface area (Å²) in [5.74, 6) is -0.169. The number of rotatable bonds is 7. The number of hydrogen-bond donors (Lipinski definition) is 0. The van der Waals surface area contributed by atoms with Crippen LogP contribution in [0.5, 0.6) is 0 Å². The fourth-order valence-electron chi connectivity index (χ4n) is 1.90. The summed E-state index contributed by atoms with van der Waals surface area (Å²) in [4.78, 5) is 10.9. The quantitative estimate of drug-likeness (QED) is 0.474. The lowest BCUT2D eigenvalue weighted by Crippen LogP contribution is -2.19. The van der Waals surface area contributed by atoms with Crippen LogP contribution in [0.15, 0.2) is 12.2 Å². The van der Waals surface area contributed by atoms with Gasteiger partial charge in [0.25, 0.3) is 0 Å². The number of carbonyl (C=O) groups excluding carboxylic acids is 1. The molecule has 1 atom stereocenters. The molecule has 86 valence electrons. The molecule has 0 amide bonds. The summed E-state index contributed by atoms with van der Waals surface area (Å²) >= 11 is 0. The Bertz CT molecular complexity index is 209. The Morgan fingerprint density at radius 2 is 2.00 bits per heavy atom. The van der Waals surface area contributed by atoms with Crippen LogP contribution in [-0.2, 0) is 9.53 Å². The van der Waals surface area contributed by atoms with E-state index in [9.17, 15) is 4.79 Å². The van der Waals surface area contributed by atoms with Crippen LogP contribution in [0.3, 0.4) is 0 Å². The summed E-state index contributed by atoms with van der Waals surface area (Å²) < 4.78 is 5.19. The molecule has 0 aliphatic carbocycles. The predicted molar refractivity (Wildman–Crippen MR) is 61.6 cm³/mol. The molecule has 0 saturated heterocycles. The smallest absolute Gasteiger partial charge is 0.330 e. The van der Waals surface area contributed by atoms with E-state index in [1.165, 1.54) is 44.6 Å². The number of cyclic esters (lactones) is 1. The highest BCUT2D eigenvalue weighted by molar-refractivity contribution is 5.82. The van der Waals surface area contributed by atoms with Crippen molar-refractivity contribution < 1.29 is 9.53 Å². The minimum atomic E-state index is -0.169. The highest BCUT2D eigenvalue weighted by atomic mass is 16.5. The summed E-state index contributed by atoms with van der Waals surface area (Å²) in [5.41, 5.74) is 0. The third-order valence-electron chi connectivity index (χ3n) is 2.82. The van der Waals surface area contributed by atoms with Crippen molar-refractivity contribution in [1.29, 1.82) is 0 Å². The first-order valence-electron chi connectivity index (χ1n) is 6.20. The van der Waals surface area contributed by atoms with Crippen LogP contribution in [0.1, 0.15) is 58.3 Å². The number of ether oxygens (including phenoxy) is 1. The highest BCUT2D eigenvalue weighted by Crippen LogP contribution is 2.15. The first kappa shape index (κ1) is 12.3. The Morgan fingerprint density at radius 1 is 1.27 bits per heavy atom. The number of hydrogen-bond acceptors (Lipinski definition) is 2. The zero-order chi connectivity index (χ0) is 10.9. The monoisotopic (exact) mass is 210 g/mol. The second kappa shape index (κ2) is 7.49. The van der Waals surface area contributed by atoms with E-state index in [2.05, 4.69) is 6.92 Å². The maximum absolute atomic E-state index is 10.9. The molecular weight excluding hydrogens is 188 g/mol. The lowest BCUT2D eigenvalue weighted by Gasteiger charge is -2.18. The molecule has 0 unspecified atom stereocenters. The first-order valence-corrected chi connectivity index (χ1v) is 6.20. The summed E-state index contributed by atoms with van der Waals surface area (Å²) in [6.07, 6.45) is 13.3. The first-order chi connectivity index (χ1) is 7.33. The highest BCUT2D eigenvalue weighted by Gasteiger charge is 2.14. The Balaban J connectivity index is 1.96. The standard InChI is InChI=1S/C13H22O2/c1-2-3-4-5-6-7-9-12-10-8-11-13(14)15-12/h8,11-12H,2-7,9-10H2,1H3/t12-/m1/s1. The molecule has 2 heteroatoms. The fraction of sp³-hybridized carbons (Fsp3) is 0.769. The molecular formula is C13H22O2. The predicted octanol–water partition coefficient (Wildman–Crippen LogP) is 3.61. The van der Waals surface area contributed by atoms with Gasteiger partial charge in [-0.25, -0.2) is 4.79 Å². The van der Waals surface area contributed by atoms with E-state index < -0.39 is 0 Å². The van der Waals surface area contributed by atoms with Crippen molar-refractivity contribution in [3.63, 3.8) is 0 Å². The van der Waals surface area contributed by atoms with Gasteiger partial charge in [0.05, 0.1) is 0 Å². The van der Waals surface area contributed by atoms with Crippen LogP contribution in [0.2, 0.25) is 0 Å². The third kappa shape index (κ3) is 5.60. The zero-order valence-electron chi connectivity index (χ0n) is 9.71. The molecule has 0 radical (unpaired) electrons. The molecule has 1 aliphatic rings. The van der Waals surface area contributed by atoms with Crippen molar-refractivity contribution in [2.75, 3.05) is 0 Å². The molecule has 1 aliphatic heterocycles. The van der Waals surface area contributed by atoms with Gasteiger partial charge in [-0.2, -0.15) is 0 Å². The summed E-state index contributed by atoms with van der Waals surface area (Å²) in [6, 6.07) is 0. The Hall–Kier alpha value is -0.790. The summed E-state index contributed by atoms with van der Waals surface area (Å²) in [7, 11) is 0. The Morgan fingerprint density at radius 3 is 2.73 bits per heavy atom. The summed E-state index contributed by atoms with van der Waals surface area (Å²) in [5, 5.41) is 0. The summed E-state index contributed by atoms with van der Waals surface area (Å²) in [6.45, 7) is 2.23. The topological polar surface area (TPSA) is 26.3 Å². The van der Waals surface area contributed by atoms with Crippen molar-refractivity contribution in [3.05, 3.63) is 12.2 Å². The second-order valence-electron chi connectivity index (χ2n) is 4.25. The van der Waals surface area contributed by atoms with Crippen LogP contribution in [0.4, 0.5) is 0 Å². The molecule has 0 N–H and O–H groups in total. The van der Waals surface area contributed by atoms with Gasteiger partial charge in [-0.15, -0.1) is 0 Å². The third-order valence-corrected chi connectivity index (χ3v) is 2.82. The van der Waals surface area contributed by atoms with E-state index in [1.807, 2.05) is 6.08 Å². The number of unbranched alkanes of at least 4 members (excludes halogenated alkanes) is 5. The van der Waals surface area contributed by atoms with Gasteiger partial charge in [-0.1, -0.05) is 45.1 Å². The minimum Gasteiger partial charge on any atom is -0.459 e. The van der Waals surface area contributed by atoms with Crippen LogP contribution in [0.25, 0.3) is 0 Å². The van der Waals surface area contributed by atoms with Crippen LogP contribution < -0.4 is 0 Å². The van der Waals surface area contributed by atoms with E-state index in [0.29, 0.717) is 0 Å². The molecule has 0 aromatic heterocycles. The normalized spacial score (nSPS) is 20.3. The maximum Gasteiger partial charge on any atom is 0.330 e. The van der Waals surface area contributed by atoms with Gasteiger partial charge in [0.15, 0.2) is 0 Å². The van der Waals surface area contributed by atoms with Gasteiger partial charge >= 0.3 is 5.97 Å². The van der Waals surface area contributed by atoms with Gasteiger partial charge in [0.1, 0.15) is 6.10 Å². The van der Waals surface area contributed by atoms with Crippen LogP contribution in [-0.4, -0.2) is 12.1 Å². The molecule has 0 saturated carbocycles. The van der Waals surface area contributed by atoms with E-state index in [0.717, 1.165) is 12.8 Å². The molecule has 0 aromatic carbocycles. The fourth-order valence-corrected chi connectivity index (χ4v) is 1.90. The Kier molecular flexibility index (Phi) is 6.14. The van der Waals surface area contributed by atoms with Gasteiger partial charge < -0.3 is 4.74 Å². The molecule has 1 heterocycles. The van der Waals surface area contributed by atoms with Crippen molar-refractivity contribution in [1.82, 2.24) is 0 Å². The van der Waals surface area contributed by atoms with Crippen LogP contribution in [0, 0.1) is 0 Å². The number of carbonyl (C=O) groups is 1. The maximum atomic E-state index is 10.9. The molecule has 0 aromatic rings. The van der Waals surface area contributed by atoms with E-state index in [1.54, 1.807) is 0 Å². The van der Waals surface area contributed by atoms with Gasteiger partial charge in [0.2, 0.25) is 0 Å². The largest absolute Gasteiger partial charge is 0.459 e. The molecule has 0 bridgehead atoms. The van der Waals surface area contributed by atoms with Crippen molar-refractivity contribution >= 4 is 5.97 Å². The van der Waals surface area contributed by atoms with Crippen molar-refractivity contribution in [2.45, 2.75) is 64.4 Å². The lowest BCUT2D eigenvalue weighted by atomic mass is 10.0. The molecule has 0 spiro atoms. The van der Waals surface area contributed by atoms with E-state index in [4.69, 9.17) is 4.74 Å². The van der Waals surface area contributed by atoms with Crippen molar-refractivity contribution in [3.8, 4) is 0 Å². The number of esters is 1.